The predicted molar refractivity (Wildman–Crippen MR) is 94.9 cm³/mol. The standard InChI is InChI=1S/C17H13BrF3N3O2/c1-10(23-24-15(25)12-2-6-13(18)7-3-12)11-4-8-14(9-5-11)22-16(26)17(19,20)21/h2-9H,1H3,(H,22,26)(H,24,25). The molecule has 0 unspecified atom stereocenters. The van der Waals surface area contributed by atoms with E-state index in [9.17, 15) is 22.8 Å². The van der Waals surface area contributed by atoms with Gasteiger partial charge in [-0.2, -0.15) is 18.3 Å². The van der Waals surface area contributed by atoms with E-state index in [0.29, 0.717) is 16.8 Å². The Morgan fingerprint density at radius 2 is 1.50 bits per heavy atom. The van der Waals surface area contributed by atoms with E-state index in [2.05, 4.69) is 26.5 Å². The summed E-state index contributed by atoms with van der Waals surface area (Å²) in [7, 11) is 0. The lowest BCUT2D eigenvalue weighted by molar-refractivity contribution is -0.167. The Kier molecular flexibility index (Phi) is 6.14. The quantitative estimate of drug-likeness (QED) is 0.569. The highest BCUT2D eigenvalue weighted by Crippen LogP contribution is 2.18. The molecule has 2 aromatic carbocycles. The van der Waals surface area contributed by atoms with Crippen molar-refractivity contribution in [3.8, 4) is 0 Å². The van der Waals surface area contributed by atoms with Crippen molar-refractivity contribution in [2.75, 3.05) is 5.32 Å². The topological polar surface area (TPSA) is 70.6 Å². The zero-order valence-corrected chi connectivity index (χ0v) is 15.0. The first-order valence-electron chi connectivity index (χ1n) is 7.25. The van der Waals surface area contributed by atoms with Crippen molar-refractivity contribution in [1.29, 1.82) is 0 Å². The summed E-state index contributed by atoms with van der Waals surface area (Å²) in [5.41, 5.74) is 3.85. The van der Waals surface area contributed by atoms with E-state index >= 15 is 0 Å². The fraction of sp³-hybridized carbons (Fsp3) is 0.118. The number of alkyl halides is 3. The van der Waals surface area contributed by atoms with Gasteiger partial charge in [-0.05, 0) is 48.9 Å². The lowest BCUT2D eigenvalue weighted by Crippen LogP contribution is -2.29. The molecule has 0 fully saturated rings. The van der Waals surface area contributed by atoms with Crippen LogP contribution >= 0.6 is 15.9 Å². The molecule has 136 valence electrons. The van der Waals surface area contributed by atoms with Crippen LogP contribution in [0.25, 0.3) is 0 Å². The summed E-state index contributed by atoms with van der Waals surface area (Å²) in [6, 6.07) is 12.3. The Balaban J connectivity index is 2.01. The summed E-state index contributed by atoms with van der Waals surface area (Å²) in [6.45, 7) is 1.63. The maximum atomic E-state index is 12.2. The molecule has 2 aromatic rings. The van der Waals surface area contributed by atoms with Crippen molar-refractivity contribution >= 4 is 39.1 Å². The second-order valence-electron chi connectivity index (χ2n) is 5.17. The molecular formula is C17H13BrF3N3O2. The van der Waals surface area contributed by atoms with Crippen molar-refractivity contribution < 1.29 is 22.8 Å². The molecule has 2 rings (SSSR count). The van der Waals surface area contributed by atoms with Gasteiger partial charge in [-0.25, -0.2) is 5.43 Å². The second kappa shape index (κ2) is 8.13. The highest BCUT2D eigenvalue weighted by Gasteiger charge is 2.38. The van der Waals surface area contributed by atoms with Gasteiger partial charge >= 0.3 is 12.1 Å². The largest absolute Gasteiger partial charge is 0.471 e. The van der Waals surface area contributed by atoms with Crippen LogP contribution in [0.1, 0.15) is 22.8 Å². The van der Waals surface area contributed by atoms with Crippen LogP contribution in [-0.2, 0) is 4.79 Å². The van der Waals surface area contributed by atoms with Crippen molar-refractivity contribution in [1.82, 2.24) is 5.43 Å². The van der Waals surface area contributed by atoms with Crippen LogP contribution in [0.15, 0.2) is 58.1 Å². The zero-order valence-electron chi connectivity index (χ0n) is 13.4. The maximum Gasteiger partial charge on any atom is 0.471 e. The number of hydrogen-bond donors (Lipinski definition) is 2. The first-order chi connectivity index (χ1) is 12.2. The van der Waals surface area contributed by atoms with Gasteiger partial charge in [0.25, 0.3) is 5.91 Å². The number of benzene rings is 2. The molecule has 0 saturated heterocycles. The molecule has 0 saturated carbocycles. The molecule has 0 radical (unpaired) electrons. The van der Waals surface area contributed by atoms with Crippen molar-refractivity contribution in [2.24, 2.45) is 5.10 Å². The van der Waals surface area contributed by atoms with E-state index < -0.39 is 18.0 Å². The van der Waals surface area contributed by atoms with Gasteiger partial charge in [0.05, 0.1) is 5.71 Å². The van der Waals surface area contributed by atoms with Crippen LogP contribution in [0, 0.1) is 0 Å². The SMILES string of the molecule is CC(=NNC(=O)c1ccc(Br)cc1)c1ccc(NC(=O)C(F)(F)F)cc1. The minimum Gasteiger partial charge on any atom is -0.318 e. The molecule has 2 amide bonds. The van der Waals surface area contributed by atoms with Gasteiger partial charge in [0, 0.05) is 15.7 Å². The fourth-order valence-corrected chi connectivity index (χ4v) is 2.13. The van der Waals surface area contributed by atoms with Gasteiger partial charge < -0.3 is 5.32 Å². The molecule has 0 aromatic heterocycles. The molecule has 0 spiro atoms. The normalized spacial score (nSPS) is 11.8. The third-order valence-corrected chi connectivity index (χ3v) is 3.78. The number of rotatable bonds is 4. The Morgan fingerprint density at radius 3 is 2.04 bits per heavy atom. The summed E-state index contributed by atoms with van der Waals surface area (Å²) in [5.74, 6) is -2.44. The number of carbonyl (C=O) groups excluding carboxylic acids is 2. The average Bonchev–Trinajstić information content (AvgIpc) is 2.59. The minimum absolute atomic E-state index is 0.00257. The highest BCUT2D eigenvalue weighted by atomic mass is 79.9. The number of amides is 2. The number of nitrogens with zero attached hydrogens (tertiary/aromatic N) is 1. The first kappa shape index (κ1) is 19.6. The van der Waals surface area contributed by atoms with E-state index in [1.807, 2.05) is 0 Å². The first-order valence-corrected chi connectivity index (χ1v) is 8.05. The Labute approximate surface area is 155 Å². The number of hydrogen-bond acceptors (Lipinski definition) is 3. The van der Waals surface area contributed by atoms with E-state index in [0.717, 1.165) is 4.47 Å². The molecule has 0 heterocycles. The molecule has 0 aliphatic carbocycles. The van der Waals surface area contributed by atoms with E-state index in [4.69, 9.17) is 0 Å². The number of hydrazone groups is 1. The predicted octanol–water partition coefficient (Wildman–Crippen LogP) is 4.10. The third kappa shape index (κ3) is 5.41. The van der Waals surface area contributed by atoms with Crippen LogP contribution in [0.2, 0.25) is 0 Å². The molecule has 0 bridgehead atoms. The summed E-state index contributed by atoms with van der Waals surface area (Å²) in [4.78, 5) is 22.8. The average molecular weight is 428 g/mol. The van der Waals surface area contributed by atoms with E-state index in [1.54, 1.807) is 36.5 Å². The highest BCUT2D eigenvalue weighted by molar-refractivity contribution is 9.10. The van der Waals surface area contributed by atoms with Gasteiger partial charge in [0.2, 0.25) is 0 Å². The molecule has 26 heavy (non-hydrogen) atoms. The number of halogens is 4. The van der Waals surface area contributed by atoms with Gasteiger partial charge in [0.15, 0.2) is 0 Å². The Bertz CT molecular complexity index is 832. The van der Waals surface area contributed by atoms with Crippen LogP contribution in [0.5, 0.6) is 0 Å². The smallest absolute Gasteiger partial charge is 0.318 e. The fourth-order valence-electron chi connectivity index (χ4n) is 1.86. The van der Waals surface area contributed by atoms with Gasteiger partial charge in [-0.15, -0.1) is 0 Å². The minimum atomic E-state index is -4.95. The molecule has 0 aliphatic heterocycles. The summed E-state index contributed by atoms with van der Waals surface area (Å²) >= 11 is 3.27. The zero-order chi connectivity index (χ0) is 19.3. The third-order valence-electron chi connectivity index (χ3n) is 3.25. The number of anilines is 1. The van der Waals surface area contributed by atoms with Crippen LogP contribution in [-0.4, -0.2) is 23.7 Å². The summed E-state index contributed by atoms with van der Waals surface area (Å²) < 4.78 is 37.5. The molecule has 5 nitrogen and oxygen atoms in total. The van der Waals surface area contributed by atoms with Gasteiger partial charge in [-0.3, -0.25) is 9.59 Å². The van der Waals surface area contributed by atoms with Crippen molar-refractivity contribution in [3.63, 3.8) is 0 Å². The maximum absolute atomic E-state index is 12.2. The molecule has 0 aliphatic rings. The summed E-state index contributed by atoms with van der Waals surface area (Å²) in [5, 5.41) is 5.71. The van der Waals surface area contributed by atoms with E-state index in [1.165, 1.54) is 24.3 Å². The monoisotopic (exact) mass is 427 g/mol. The molecule has 0 atom stereocenters. The number of nitrogens with one attached hydrogen (secondary N) is 2. The Morgan fingerprint density at radius 1 is 0.962 bits per heavy atom. The van der Waals surface area contributed by atoms with Crippen LogP contribution < -0.4 is 10.7 Å². The molecule has 2 N–H and O–H groups in total. The van der Waals surface area contributed by atoms with Crippen molar-refractivity contribution in [3.05, 3.63) is 64.1 Å². The van der Waals surface area contributed by atoms with E-state index in [-0.39, 0.29) is 5.69 Å². The summed E-state index contributed by atoms with van der Waals surface area (Å²) in [6.07, 6.45) is -4.95. The van der Waals surface area contributed by atoms with Gasteiger partial charge in [-0.1, -0.05) is 28.1 Å². The molecular weight excluding hydrogens is 415 g/mol. The van der Waals surface area contributed by atoms with Crippen LogP contribution in [0.3, 0.4) is 0 Å². The van der Waals surface area contributed by atoms with Crippen LogP contribution in [0.4, 0.5) is 18.9 Å². The lowest BCUT2D eigenvalue weighted by atomic mass is 10.1. The second-order valence-corrected chi connectivity index (χ2v) is 6.09. The van der Waals surface area contributed by atoms with Gasteiger partial charge in [0.1, 0.15) is 0 Å². The molecule has 9 heteroatoms. The Hall–Kier alpha value is -2.68. The van der Waals surface area contributed by atoms with Crippen molar-refractivity contribution in [2.45, 2.75) is 13.1 Å². The lowest BCUT2D eigenvalue weighted by Gasteiger charge is -2.08. The number of carbonyl (C=O) groups is 2.